The molecule has 0 aromatic heterocycles. The van der Waals surface area contributed by atoms with E-state index in [1.54, 1.807) is 24.3 Å². The van der Waals surface area contributed by atoms with Crippen LogP contribution in [0.1, 0.15) is 36.5 Å². The molecule has 1 atom stereocenters. The molecule has 2 fully saturated rings. The Bertz CT molecular complexity index is 675. The molecule has 1 saturated heterocycles. The number of hydrogen-bond acceptors (Lipinski definition) is 5. The molecule has 1 N–H and O–H groups in total. The molecule has 2 aliphatic rings. The van der Waals surface area contributed by atoms with Crippen LogP contribution in [-0.4, -0.2) is 72.9 Å². The molecule has 0 radical (unpaired) electrons. The van der Waals surface area contributed by atoms with Gasteiger partial charge in [0.2, 0.25) is 0 Å². The summed E-state index contributed by atoms with van der Waals surface area (Å²) >= 11 is 0. The fourth-order valence-corrected chi connectivity index (χ4v) is 3.73. The number of carbonyl (C=O) groups excluding carboxylic acids is 1. The molecule has 0 unspecified atom stereocenters. The first-order valence-electron chi connectivity index (χ1n) is 10.3. The molecular formula is C22H32N2O4. The van der Waals surface area contributed by atoms with Gasteiger partial charge >= 0.3 is 0 Å². The Morgan fingerprint density at radius 2 is 2.11 bits per heavy atom. The maximum absolute atomic E-state index is 13.1. The lowest BCUT2D eigenvalue weighted by Crippen LogP contribution is -2.55. The average Bonchev–Trinajstić information content (AvgIpc) is 3.52. The topological polar surface area (TPSA) is 62.2 Å². The van der Waals surface area contributed by atoms with Crippen molar-refractivity contribution in [3.63, 3.8) is 0 Å². The van der Waals surface area contributed by atoms with Crippen LogP contribution in [0, 0.1) is 5.92 Å². The number of rotatable bonds is 10. The summed E-state index contributed by atoms with van der Waals surface area (Å²) in [6.45, 7) is 9.94. The van der Waals surface area contributed by atoms with Crippen molar-refractivity contribution in [1.82, 2.24) is 9.80 Å². The molecule has 154 valence electrons. The van der Waals surface area contributed by atoms with Crippen LogP contribution >= 0.6 is 0 Å². The second-order valence-electron chi connectivity index (χ2n) is 7.55. The largest absolute Gasteiger partial charge is 0.490 e. The van der Waals surface area contributed by atoms with Crippen LogP contribution in [0.25, 0.3) is 0 Å². The maximum atomic E-state index is 13.1. The van der Waals surface area contributed by atoms with E-state index in [-0.39, 0.29) is 18.6 Å². The molecule has 0 bridgehead atoms. The van der Waals surface area contributed by atoms with Crippen LogP contribution in [0.15, 0.2) is 30.9 Å². The van der Waals surface area contributed by atoms with Crippen molar-refractivity contribution in [1.29, 1.82) is 0 Å². The van der Waals surface area contributed by atoms with Crippen LogP contribution in [0.5, 0.6) is 11.5 Å². The first-order valence-corrected chi connectivity index (χ1v) is 10.3. The molecule has 1 saturated carbocycles. The summed E-state index contributed by atoms with van der Waals surface area (Å²) in [4.78, 5) is 17.5. The van der Waals surface area contributed by atoms with E-state index in [1.165, 1.54) is 12.8 Å². The van der Waals surface area contributed by atoms with Gasteiger partial charge in [0.15, 0.2) is 11.5 Å². The molecule has 1 aromatic rings. The van der Waals surface area contributed by atoms with E-state index in [4.69, 9.17) is 9.47 Å². The van der Waals surface area contributed by atoms with Gasteiger partial charge in [0.1, 0.15) is 6.61 Å². The number of piperazine rings is 1. The second kappa shape index (κ2) is 9.94. The monoisotopic (exact) mass is 388 g/mol. The van der Waals surface area contributed by atoms with Gasteiger partial charge in [-0.15, -0.1) is 0 Å². The highest BCUT2D eigenvalue weighted by Gasteiger charge is 2.33. The van der Waals surface area contributed by atoms with Crippen molar-refractivity contribution < 1.29 is 19.4 Å². The lowest BCUT2D eigenvalue weighted by atomic mass is 10.1. The summed E-state index contributed by atoms with van der Waals surface area (Å²) in [6, 6.07) is 5.57. The van der Waals surface area contributed by atoms with Crippen molar-refractivity contribution in [2.45, 2.75) is 32.2 Å². The smallest absolute Gasteiger partial charge is 0.254 e. The number of benzene rings is 1. The number of aliphatic hydroxyl groups is 1. The highest BCUT2D eigenvalue weighted by Crippen LogP contribution is 2.32. The SMILES string of the molecule is C=CCOc1ccc(C(=O)N2CCN(CC3CC3)[C@@H](CCO)C2)cc1OCC. The maximum Gasteiger partial charge on any atom is 0.254 e. The first-order chi connectivity index (χ1) is 13.7. The fraction of sp³-hybridized carbons (Fsp3) is 0.591. The van der Waals surface area contributed by atoms with Crippen LogP contribution in [0.2, 0.25) is 0 Å². The van der Waals surface area contributed by atoms with Crippen molar-refractivity contribution in [2.24, 2.45) is 5.92 Å². The molecule has 1 aliphatic heterocycles. The van der Waals surface area contributed by atoms with Gasteiger partial charge in [-0.1, -0.05) is 12.7 Å². The Labute approximate surface area is 167 Å². The molecule has 0 spiro atoms. The number of amides is 1. The van der Waals surface area contributed by atoms with E-state index in [0.717, 1.165) is 19.0 Å². The normalized spacial score (nSPS) is 20.1. The fourth-order valence-electron chi connectivity index (χ4n) is 3.73. The highest BCUT2D eigenvalue weighted by molar-refractivity contribution is 5.95. The summed E-state index contributed by atoms with van der Waals surface area (Å²) in [5.41, 5.74) is 0.604. The number of carbonyl (C=O) groups is 1. The minimum atomic E-state index is 0.00485. The van der Waals surface area contributed by atoms with Gasteiger partial charge in [0, 0.05) is 44.4 Å². The summed E-state index contributed by atoms with van der Waals surface area (Å²) < 4.78 is 11.3. The molecule has 3 rings (SSSR count). The number of nitrogens with zero attached hydrogens (tertiary/aromatic N) is 2. The van der Waals surface area contributed by atoms with Crippen molar-refractivity contribution >= 4 is 5.91 Å². The van der Waals surface area contributed by atoms with Gasteiger partial charge in [-0.25, -0.2) is 0 Å². The molecule has 1 aliphatic carbocycles. The van der Waals surface area contributed by atoms with Crippen LogP contribution in [0.4, 0.5) is 0 Å². The first kappa shape index (κ1) is 20.7. The highest BCUT2D eigenvalue weighted by atomic mass is 16.5. The van der Waals surface area contributed by atoms with E-state index in [1.807, 2.05) is 11.8 Å². The van der Waals surface area contributed by atoms with E-state index >= 15 is 0 Å². The zero-order chi connectivity index (χ0) is 19.9. The predicted octanol–water partition coefficient (Wildman–Crippen LogP) is 2.57. The average molecular weight is 389 g/mol. The third-order valence-electron chi connectivity index (χ3n) is 5.39. The summed E-state index contributed by atoms with van der Waals surface area (Å²) in [5.74, 6) is 2.01. The number of ether oxygens (including phenoxy) is 2. The third-order valence-corrected chi connectivity index (χ3v) is 5.39. The van der Waals surface area contributed by atoms with E-state index < -0.39 is 0 Å². The van der Waals surface area contributed by atoms with Crippen molar-refractivity contribution in [3.05, 3.63) is 36.4 Å². The van der Waals surface area contributed by atoms with Crippen molar-refractivity contribution in [3.8, 4) is 11.5 Å². The predicted molar refractivity (Wildman–Crippen MR) is 109 cm³/mol. The Morgan fingerprint density at radius 3 is 2.79 bits per heavy atom. The second-order valence-corrected chi connectivity index (χ2v) is 7.55. The van der Waals surface area contributed by atoms with E-state index in [2.05, 4.69) is 11.5 Å². The summed E-state index contributed by atoms with van der Waals surface area (Å²) in [5, 5.41) is 9.46. The molecule has 1 amide bonds. The van der Waals surface area contributed by atoms with Gasteiger partial charge in [0.25, 0.3) is 5.91 Å². The Kier molecular flexibility index (Phi) is 7.34. The Balaban J connectivity index is 1.69. The van der Waals surface area contributed by atoms with Gasteiger partial charge in [-0.05, 0) is 50.3 Å². The van der Waals surface area contributed by atoms with Gasteiger partial charge < -0.3 is 19.5 Å². The van der Waals surface area contributed by atoms with E-state index in [0.29, 0.717) is 49.8 Å². The molecular weight excluding hydrogens is 356 g/mol. The standard InChI is InChI=1S/C22H32N2O4/c1-3-13-28-20-8-7-18(14-21(20)27-4-2)22(26)24-11-10-23(15-17-5-6-17)19(16-24)9-12-25/h3,7-8,14,17,19,25H,1,4-6,9-13,15-16H2,2H3/t19-/m0/s1. The van der Waals surface area contributed by atoms with E-state index in [9.17, 15) is 9.90 Å². The zero-order valence-corrected chi connectivity index (χ0v) is 16.8. The van der Waals surface area contributed by atoms with Crippen LogP contribution in [0.3, 0.4) is 0 Å². The lowest BCUT2D eigenvalue weighted by molar-refractivity contribution is 0.0407. The minimum Gasteiger partial charge on any atom is -0.490 e. The van der Waals surface area contributed by atoms with Crippen LogP contribution < -0.4 is 9.47 Å². The zero-order valence-electron chi connectivity index (χ0n) is 16.8. The quantitative estimate of drug-likeness (QED) is 0.624. The minimum absolute atomic E-state index is 0.00485. The molecule has 1 aromatic carbocycles. The summed E-state index contributed by atoms with van der Waals surface area (Å²) in [6.07, 6.45) is 5.00. The number of aliphatic hydroxyl groups excluding tert-OH is 1. The van der Waals surface area contributed by atoms with Gasteiger partial charge in [-0.3, -0.25) is 9.69 Å². The molecule has 6 nitrogen and oxygen atoms in total. The molecule has 1 heterocycles. The lowest BCUT2D eigenvalue weighted by Gasteiger charge is -2.41. The van der Waals surface area contributed by atoms with Gasteiger partial charge in [0.05, 0.1) is 6.61 Å². The number of hydrogen-bond donors (Lipinski definition) is 1. The van der Waals surface area contributed by atoms with Crippen molar-refractivity contribution in [2.75, 3.05) is 46.0 Å². The molecule has 28 heavy (non-hydrogen) atoms. The Morgan fingerprint density at radius 1 is 1.29 bits per heavy atom. The third kappa shape index (κ3) is 5.26. The summed E-state index contributed by atoms with van der Waals surface area (Å²) in [7, 11) is 0. The van der Waals surface area contributed by atoms with Gasteiger partial charge in [-0.2, -0.15) is 0 Å². The molecule has 6 heteroatoms. The van der Waals surface area contributed by atoms with Crippen LogP contribution in [-0.2, 0) is 0 Å². The Hall–Kier alpha value is -2.05.